The van der Waals surface area contributed by atoms with E-state index >= 15 is 0 Å². The molecule has 0 fully saturated rings. The highest BCUT2D eigenvalue weighted by Gasteiger charge is 2.23. The Hall–Kier alpha value is -3.15. The normalized spacial score (nSPS) is 12.0. The van der Waals surface area contributed by atoms with E-state index in [2.05, 4.69) is 10.8 Å². The van der Waals surface area contributed by atoms with E-state index in [0.717, 1.165) is 22.6 Å². The number of terminal acetylenes is 1. The summed E-state index contributed by atoms with van der Waals surface area (Å²) in [6.07, 6.45) is 4.54. The van der Waals surface area contributed by atoms with Gasteiger partial charge in [-0.15, -0.1) is 6.42 Å². The van der Waals surface area contributed by atoms with Crippen molar-refractivity contribution in [3.05, 3.63) is 66.2 Å². The van der Waals surface area contributed by atoms with Crippen molar-refractivity contribution in [1.82, 2.24) is 14.7 Å². The summed E-state index contributed by atoms with van der Waals surface area (Å²) in [5, 5.41) is 15.3. The smallest absolute Gasteiger partial charge is 0.222 e. The molecular weight excluding hydrogens is 418 g/mol. The number of benzene rings is 2. The van der Waals surface area contributed by atoms with Gasteiger partial charge in [-0.3, -0.25) is 4.90 Å². The summed E-state index contributed by atoms with van der Waals surface area (Å²) in [6, 6.07) is 19.6. The van der Waals surface area contributed by atoms with Crippen LogP contribution >= 0.6 is 0 Å². The van der Waals surface area contributed by atoms with E-state index in [1.807, 2.05) is 67.7 Å². The van der Waals surface area contributed by atoms with Crippen LogP contribution in [0.4, 0.5) is 0 Å². The Morgan fingerprint density at radius 2 is 1.82 bits per heavy atom. The van der Waals surface area contributed by atoms with Crippen LogP contribution in [-0.2, 0) is 23.1 Å². The average Bonchev–Trinajstić information content (AvgIpc) is 3.13. The van der Waals surface area contributed by atoms with Crippen LogP contribution in [0.1, 0.15) is 5.56 Å². The molecule has 3 aromatic rings. The number of aryl methyl sites for hydroxylation is 1. The molecule has 1 heterocycles. The molecule has 2 aromatic carbocycles. The van der Waals surface area contributed by atoms with Gasteiger partial charge in [-0.2, -0.15) is 5.10 Å². The number of hydrogen-bond acceptors (Lipinski definition) is 6. The van der Waals surface area contributed by atoms with Crippen LogP contribution in [0.2, 0.25) is 0 Å². The largest absolute Gasteiger partial charge is 0.439 e. The maximum absolute atomic E-state index is 10.5. The number of methoxy groups -OCH3 is 1. The van der Waals surface area contributed by atoms with E-state index in [4.69, 9.17) is 25.7 Å². The number of aromatic nitrogens is 2. The van der Waals surface area contributed by atoms with E-state index in [1.54, 1.807) is 11.8 Å². The molecule has 0 saturated heterocycles. The minimum absolute atomic E-state index is 0.166. The Kier molecular flexibility index (Phi) is 9.48. The van der Waals surface area contributed by atoms with E-state index in [-0.39, 0.29) is 13.2 Å². The van der Waals surface area contributed by atoms with Crippen LogP contribution in [0.25, 0.3) is 11.3 Å². The van der Waals surface area contributed by atoms with Gasteiger partial charge in [0.15, 0.2) is 0 Å². The lowest BCUT2D eigenvalue weighted by molar-refractivity contribution is 0.0206. The lowest BCUT2D eigenvalue weighted by Crippen LogP contribution is -2.36. The Morgan fingerprint density at radius 3 is 2.48 bits per heavy atom. The van der Waals surface area contributed by atoms with Crippen molar-refractivity contribution in [1.29, 1.82) is 0 Å². The molecule has 7 heteroatoms. The molecule has 0 amide bonds. The van der Waals surface area contributed by atoms with Crippen LogP contribution < -0.4 is 4.74 Å². The minimum Gasteiger partial charge on any atom is -0.439 e. The van der Waals surface area contributed by atoms with Gasteiger partial charge in [-0.05, 0) is 12.1 Å². The summed E-state index contributed by atoms with van der Waals surface area (Å²) in [7, 11) is 3.53. The number of aliphatic hydroxyl groups excluding tert-OH is 1. The van der Waals surface area contributed by atoms with Crippen LogP contribution in [0.15, 0.2) is 60.7 Å². The molecule has 0 aliphatic heterocycles. The van der Waals surface area contributed by atoms with E-state index in [9.17, 15) is 5.11 Å². The zero-order chi connectivity index (χ0) is 23.5. The maximum atomic E-state index is 10.5. The number of ether oxygens (including phenoxy) is 3. The standard InChI is InChI=1S/C26H31N3O4/c1-4-16-32-20-22(30)18-29(15-17-31-3)19-24-25(21-11-7-5-8-12-21)27-28(2)26(24)33-23-13-9-6-10-14-23/h1,5-14,22,30H,15-20H2,2-3H3. The van der Waals surface area contributed by atoms with Gasteiger partial charge in [0.05, 0.1) is 24.9 Å². The average molecular weight is 450 g/mol. The third-order valence-electron chi connectivity index (χ3n) is 5.05. The maximum Gasteiger partial charge on any atom is 0.222 e. The molecule has 0 radical (unpaired) electrons. The van der Waals surface area contributed by atoms with Gasteiger partial charge >= 0.3 is 0 Å². The zero-order valence-electron chi connectivity index (χ0n) is 19.2. The van der Waals surface area contributed by atoms with Gasteiger partial charge in [0.25, 0.3) is 0 Å². The summed E-state index contributed by atoms with van der Waals surface area (Å²) in [4.78, 5) is 2.11. The molecule has 3 rings (SSSR count). The second kappa shape index (κ2) is 12.8. The summed E-state index contributed by atoms with van der Waals surface area (Å²) < 4.78 is 18.6. The molecule has 174 valence electrons. The van der Waals surface area contributed by atoms with Crippen molar-refractivity contribution in [2.75, 3.05) is 40.0 Å². The summed E-state index contributed by atoms with van der Waals surface area (Å²) in [6.45, 7) is 2.38. The van der Waals surface area contributed by atoms with Crippen molar-refractivity contribution >= 4 is 0 Å². The fraction of sp³-hybridized carbons (Fsp3) is 0.346. The molecule has 0 spiro atoms. The Balaban J connectivity index is 1.91. The van der Waals surface area contributed by atoms with Gasteiger partial charge in [-0.1, -0.05) is 54.5 Å². The molecule has 1 aromatic heterocycles. The number of hydrogen-bond donors (Lipinski definition) is 1. The lowest BCUT2D eigenvalue weighted by atomic mass is 10.1. The first-order valence-electron chi connectivity index (χ1n) is 10.9. The van der Waals surface area contributed by atoms with E-state index in [1.165, 1.54) is 0 Å². The monoisotopic (exact) mass is 449 g/mol. The van der Waals surface area contributed by atoms with E-state index in [0.29, 0.717) is 32.1 Å². The number of nitrogens with zero attached hydrogens (tertiary/aromatic N) is 3. The first kappa shape index (κ1) is 24.5. The van der Waals surface area contributed by atoms with Gasteiger partial charge < -0.3 is 19.3 Å². The molecule has 7 nitrogen and oxygen atoms in total. The third kappa shape index (κ3) is 7.17. The van der Waals surface area contributed by atoms with Crippen molar-refractivity contribution in [2.45, 2.75) is 12.6 Å². The molecule has 0 aliphatic carbocycles. The van der Waals surface area contributed by atoms with Crippen LogP contribution in [-0.4, -0.2) is 65.9 Å². The summed E-state index contributed by atoms with van der Waals surface area (Å²) >= 11 is 0. The lowest BCUT2D eigenvalue weighted by Gasteiger charge is -2.25. The molecule has 0 bridgehead atoms. The van der Waals surface area contributed by atoms with Gasteiger partial charge in [0.2, 0.25) is 5.88 Å². The van der Waals surface area contributed by atoms with Gasteiger partial charge in [0.1, 0.15) is 18.1 Å². The van der Waals surface area contributed by atoms with Crippen molar-refractivity contribution < 1.29 is 19.3 Å². The topological polar surface area (TPSA) is 69.0 Å². The van der Waals surface area contributed by atoms with E-state index < -0.39 is 6.10 Å². The Bertz CT molecular complexity index is 1020. The van der Waals surface area contributed by atoms with Crippen LogP contribution in [0.5, 0.6) is 11.6 Å². The molecule has 1 N–H and O–H groups in total. The zero-order valence-corrected chi connectivity index (χ0v) is 19.2. The molecule has 1 unspecified atom stereocenters. The second-order valence-corrected chi connectivity index (χ2v) is 7.64. The van der Waals surface area contributed by atoms with Crippen molar-refractivity contribution in [3.63, 3.8) is 0 Å². The van der Waals surface area contributed by atoms with Crippen molar-refractivity contribution in [3.8, 4) is 35.2 Å². The van der Waals surface area contributed by atoms with Gasteiger partial charge in [-0.25, -0.2) is 4.68 Å². The molecule has 0 aliphatic rings. The molecule has 0 saturated carbocycles. The Morgan fingerprint density at radius 1 is 1.12 bits per heavy atom. The quantitative estimate of drug-likeness (QED) is 0.319. The predicted molar refractivity (Wildman–Crippen MR) is 128 cm³/mol. The Labute approximate surface area is 195 Å². The highest BCUT2D eigenvalue weighted by Crippen LogP contribution is 2.34. The number of rotatable bonds is 13. The van der Waals surface area contributed by atoms with Crippen LogP contribution in [0.3, 0.4) is 0 Å². The number of aliphatic hydroxyl groups is 1. The van der Waals surface area contributed by atoms with Gasteiger partial charge in [0, 0.05) is 39.4 Å². The summed E-state index contributed by atoms with van der Waals surface area (Å²) in [5.41, 5.74) is 2.76. The highest BCUT2D eigenvalue weighted by molar-refractivity contribution is 5.65. The molecular formula is C26H31N3O4. The highest BCUT2D eigenvalue weighted by atomic mass is 16.5. The predicted octanol–water partition coefficient (Wildman–Crippen LogP) is 3.34. The fourth-order valence-corrected chi connectivity index (χ4v) is 3.53. The first-order chi connectivity index (χ1) is 16.1. The molecule has 33 heavy (non-hydrogen) atoms. The second-order valence-electron chi connectivity index (χ2n) is 7.64. The molecule has 1 atom stereocenters. The minimum atomic E-state index is -0.689. The summed E-state index contributed by atoms with van der Waals surface area (Å²) in [5.74, 6) is 3.80. The van der Waals surface area contributed by atoms with Crippen LogP contribution in [0, 0.1) is 12.3 Å². The SMILES string of the molecule is C#CCOCC(O)CN(CCOC)Cc1c(-c2ccccc2)nn(C)c1Oc1ccccc1. The number of para-hydroxylation sites is 1. The first-order valence-corrected chi connectivity index (χ1v) is 10.9. The third-order valence-corrected chi connectivity index (χ3v) is 5.05. The van der Waals surface area contributed by atoms with Crippen molar-refractivity contribution in [2.24, 2.45) is 7.05 Å². The fourth-order valence-electron chi connectivity index (χ4n) is 3.53.